The number of alkyl carbamates (subject to hydrolysis) is 1. The van der Waals surface area contributed by atoms with Crippen molar-refractivity contribution in [2.45, 2.75) is 44.8 Å². The van der Waals surface area contributed by atoms with Crippen LogP contribution in [0, 0.1) is 0 Å². The number of benzene rings is 1. The van der Waals surface area contributed by atoms with Crippen molar-refractivity contribution < 1.29 is 14.3 Å². The molecule has 0 spiro atoms. The molecule has 1 amide bonds. The van der Waals surface area contributed by atoms with Gasteiger partial charge in [0.25, 0.3) is 0 Å². The second-order valence-electron chi connectivity index (χ2n) is 6.88. The zero-order valence-corrected chi connectivity index (χ0v) is 15.5. The molecule has 0 atom stereocenters. The monoisotopic (exact) mass is 384 g/mol. The fourth-order valence-corrected chi connectivity index (χ4v) is 2.73. The third kappa shape index (κ3) is 6.03. The first kappa shape index (κ1) is 18.1. The highest BCUT2D eigenvalue weighted by molar-refractivity contribution is 9.10. The van der Waals surface area contributed by atoms with Gasteiger partial charge in [0.1, 0.15) is 5.60 Å². The SMILES string of the molecule is CC(C)(C)OC(=O)NC1(CNc2ccc(Br)cc2)CCOCC1. The van der Waals surface area contributed by atoms with E-state index < -0.39 is 5.60 Å². The van der Waals surface area contributed by atoms with Gasteiger partial charge in [0.05, 0.1) is 5.54 Å². The summed E-state index contributed by atoms with van der Waals surface area (Å²) in [5, 5.41) is 6.46. The van der Waals surface area contributed by atoms with Crippen LogP contribution in [0.3, 0.4) is 0 Å². The summed E-state index contributed by atoms with van der Waals surface area (Å²) >= 11 is 3.43. The smallest absolute Gasteiger partial charge is 0.408 e. The molecule has 1 heterocycles. The zero-order valence-electron chi connectivity index (χ0n) is 13.9. The van der Waals surface area contributed by atoms with Gasteiger partial charge in [-0.25, -0.2) is 4.79 Å². The van der Waals surface area contributed by atoms with Crippen LogP contribution in [-0.4, -0.2) is 37.0 Å². The Bertz CT molecular complexity index is 520. The van der Waals surface area contributed by atoms with E-state index in [2.05, 4.69) is 26.6 Å². The molecule has 1 aliphatic heterocycles. The number of anilines is 1. The van der Waals surface area contributed by atoms with Crippen molar-refractivity contribution in [1.82, 2.24) is 5.32 Å². The molecule has 0 aromatic heterocycles. The van der Waals surface area contributed by atoms with Gasteiger partial charge in [0.2, 0.25) is 0 Å². The topological polar surface area (TPSA) is 59.6 Å². The van der Waals surface area contributed by atoms with E-state index in [0.717, 1.165) is 23.0 Å². The van der Waals surface area contributed by atoms with Crippen LogP contribution in [0.15, 0.2) is 28.7 Å². The largest absolute Gasteiger partial charge is 0.444 e. The third-order valence-corrected chi connectivity index (χ3v) is 4.22. The number of carbonyl (C=O) groups excluding carboxylic acids is 1. The van der Waals surface area contributed by atoms with Crippen molar-refractivity contribution in [2.24, 2.45) is 0 Å². The fourth-order valence-electron chi connectivity index (χ4n) is 2.47. The average molecular weight is 385 g/mol. The van der Waals surface area contributed by atoms with Crippen LogP contribution in [0.1, 0.15) is 33.6 Å². The van der Waals surface area contributed by atoms with Crippen molar-refractivity contribution in [2.75, 3.05) is 25.1 Å². The van der Waals surface area contributed by atoms with Crippen LogP contribution in [0.2, 0.25) is 0 Å². The first-order valence-corrected chi connectivity index (χ1v) is 8.66. The molecule has 0 radical (unpaired) electrons. The Labute approximate surface area is 146 Å². The van der Waals surface area contributed by atoms with Crippen molar-refractivity contribution in [1.29, 1.82) is 0 Å². The van der Waals surface area contributed by atoms with Gasteiger partial charge < -0.3 is 20.1 Å². The number of rotatable bonds is 4. The molecule has 1 fully saturated rings. The number of carbonyl (C=O) groups is 1. The van der Waals surface area contributed by atoms with Crippen LogP contribution < -0.4 is 10.6 Å². The summed E-state index contributed by atoms with van der Waals surface area (Å²) in [6.07, 6.45) is 1.14. The second-order valence-corrected chi connectivity index (χ2v) is 7.80. The standard InChI is InChI=1S/C17H25BrN2O3/c1-16(2,3)23-15(21)20-17(8-10-22-11-9-17)12-19-14-6-4-13(18)5-7-14/h4-7,19H,8-12H2,1-3H3,(H,20,21). The van der Waals surface area contributed by atoms with Gasteiger partial charge in [-0.3, -0.25) is 0 Å². The lowest BCUT2D eigenvalue weighted by atomic mass is 9.90. The van der Waals surface area contributed by atoms with Crippen molar-refractivity contribution in [3.63, 3.8) is 0 Å². The fraction of sp³-hybridized carbons (Fsp3) is 0.588. The van der Waals surface area contributed by atoms with Gasteiger partial charge in [0.15, 0.2) is 0 Å². The van der Waals surface area contributed by atoms with Crippen LogP contribution in [0.5, 0.6) is 0 Å². The minimum Gasteiger partial charge on any atom is -0.444 e. The molecule has 1 aromatic rings. The van der Waals surface area contributed by atoms with E-state index in [1.54, 1.807) is 0 Å². The molecule has 1 aromatic carbocycles. The number of hydrogen-bond donors (Lipinski definition) is 2. The number of halogens is 1. The number of hydrogen-bond acceptors (Lipinski definition) is 4. The predicted molar refractivity (Wildman–Crippen MR) is 94.8 cm³/mol. The maximum Gasteiger partial charge on any atom is 0.408 e. The lowest BCUT2D eigenvalue weighted by Crippen LogP contribution is -2.57. The highest BCUT2D eigenvalue weighted by atomic mass is 79.9. The minimum atomic E-state index is -0.504. The van der Waals surface area contributed by atoms with Crippen LogP contribution in [-0.2, 0) is 9.47 Å². The van der Waals surface area contributed by atoms with E-state index in [1.165, 1.54) is 0 Å². The molecule has 0 aliphatic carbocycles. The van der Waals surface area contributed by atoms with Gasteiger partial charge in [-0.1, -0.05) is 15.9 Å². The van der Waals surface area contributed by atoms with Crippen molar-refractivity contribution >= 4 is 27.7 Å². The molecule has 0 bridgehead atoms. The second kappa shape index (κ2) is 7.53. The maximum atomic E-state index is 12.2. The highest BCUT2D eigenvalue weighted by Crippen LogP contribution is 2.23. The first-order valence-electron chi connectivity index (χ1n) is 7.86. The molecule has 6 heteroatoms. The Kier molecular flexibility index (Phi) is 5.92. The molecule has 2 rings (SSSR count). The Balaban J connectivity index is 2.00. The van der Waals surface area contributed by atoms with Crippen molar-refractivity contribution in [3.8, 4) is 0 Å². The molecular formula is C17H25BrN2O3. The third-order valence-electron chi connectivity index (χ3n) is 3.69. The van der Waals surface area contributed by atoms with Gasteiger partial charge >= 0.3 is 6.09 Å². The molecule has 0 saturated carbocycles. The summed E-state index contributed by atoms with van der Waals surface area (Å²) in [7, 11) is 0. The molecule has 1 saturated heterocycles. The normalized spacial score (nSPS) is 17.4. The van der Waals surface area contributed by atoms with Crippen LogP contribution in [0.25, 0.3) is 0 Å². The Morgan fingerprint density at radius 2 is 1.87 bits per heavy atom. The summed E-state index contributed by atoms with van der Waals surface area (Å²) in [5.41, 5.74) is 0.161. The van der Waals surface area contributed by atoms with E-state index in [0.29, 0.717) is 19.8 Å². The van der Waals surface area contributed by atoms with E-state index in [9.17, 15) is 4.79 Å². The van der Waals surface area contributed by atoms with E-state index >= 15 is 0 Å². The number of nitrogens with one attached hydrogen (secondary N) is 2. The molecule has 2 N–H and O–H groups in total. The summed E-state index contributed by atoms with van der Waals surface area (Å²) in [6, 6.07) is 7.98. The molecule has 0 unspecified atom stereocenters. The van der Waals surface area contributed by atoms with Crippen LogP contribution in [0.4, 0.5) is 10.5 Å². The molecule has 23 heavy (non-hydrogen) atoms. The number of amides is 1. The van der Waals surface area contributed by atoms with Gasteiger partial charge in [-0.05, 0) is 57.9 Å². The summed E-state index contributed by atoms with van der Waals surface area (Å²) in [4.78, 5) is 12.2. The Morgan fingerprint density at radius 3 is 2.43 bits per heavy atom. The zero-order chi connectivity index (χ0) is 16.9. The minimum absolute atomic E-state index is 0.354. The van der Waals surface area contributed by atoms with E-state index in [4.69, 9.17) is 9.47 Å². The van der Waals surface area contributed by atoms with E-state index in [1.807, 2.05) is 45.0 Å². The maximum absolute atomic E-state index is 12.2. The van der Waals surface area contributed by atoms with Gasteiger partial charge in [0, 0.05) is 29.9 Å². The summed E-state index contributed by atoms with van der Waals surface area (Å²) in [6.45, 7) is 7.50. The molecule has 1 aliphatic rings. The van der Waals surface area contributed by atoms with Crippen molar-refractivity contribution in [3.05, 3.63) is 28.7 Å². The first-order chi connectivity index (χ1) is 10.8. The lowest BCUT2D eigenvalue weighted by Gasteiger charge is -2.38. The summed E-state index contributed by atoms with van der Waals surface area (Å²) in [5.74, 6) is 0. The van der Waals surface area contributed by atoms with E-state index in [-0.39, 0.29) is 11.6 Å². The van der Waals surface area contributed by atoms with Gasteiger partial charge in [-0.15, -0.1) is 0 Å². The molecule has 5 nitrogen and oxygen atoms in total. The number of ether oxygens (including phenoxy) is 2. The molecular weight excluding hydrogens is 360 g/mol. The van der Waals surface area contributed by atoms with Gasteiger partial charge in [-0.2, -0.15) is 0 Å². The van der Waals surface area contributed by atoms with Crippen LogP contribution >= 0.6 is 15.9 Å². The summed E-state index contributed by atoms with van der Waals surface area (Å²) < 4.78 is 11.9. The Hall–Kier alpha value is -1.27. The molecule has 128 valence electrons. The predicted octanol–water partition coefficient (Wildman–Crippen LogP) is 3.93. The Morgan fingerprint density at radius 1 is 1.26 bits per heavy atom. The average Bonchev–Trinajstić information content (AvgIpc) is 2.45. The highest BCUT2D eigenvalue weighted by Gasteiger charge is 2.35. The lowest BCUT2D eigenvalue weighted by molar-refractivity contribution is 0.0203. The quantitative estimate of drug-likeness (QED) is 0.825.